The first-order valence-electron chi connectivity index (χ1n) is 8.82. The van der Waals surface area contributed by atoms with Gasteiger partial charge in [-0.3, -0.25) is 13.9 Å². The van der Waals surface area contributed by atoms with E-state index in [4.69, 9.17) is 0 Å². The molecule has 0 saturated heterocycles. The fourth-order valence-corrected chi connectivity index (χ4v) is 3.05. The number of nitrogens with one attached hydrogen (secondary N) is 1. The molecule has 2 heterocycles. The molecule has 0 radical (unpaired) electrons. The highest BCUT2D eigenvalue weighted by Crippen LogP contribution is 2.27. The van der Waals surface area contributed by atoms with Crippen LogP contribution in [-0.2, 0) is 20.6 Å². The quantitative estimate of drug-likeness (QED) is 0.308. The van der Waals surface area contributed by atoms with E-state index in [1.165, 1.54) is 23.7 Å². The molecule has 0 spiro atoms. The van der Waals surface area contributed by atoms with Crippen molar-refractivity contribution in [1.29, 1.82) is 0 Å². The van der Waals surface area contributed by atoms with Crippen molar-refractivity contribution in [3.05, 3.63) is 50.9 Å². The molecule has 158 valence electrons. The summed E-state index contributed by atoms with van der Waals surface area (Å²) in [5, 5.41) is 32.0. The molecular formula is C18H24ClN5O5. The second-order valence-corrected chi connectivity index (χ2v) is 6.64. The minimum absolute atomic E-state index is 0. The number of aliphatic hydroxyl groups is 1. The summed E-state index contributed by atoms with van der Waals surface area (Å²) in [5.41, 5.74) is 0.422. The maximum Gasteiger partial charge on any atom is 0.332 e. The molecule has 10 nitrogen and oxygen atoms in total. The maximum absolute atomic E-state index is 12.4. The van der Waals surface area contributed by atoms with Crippen molar-refractivity contribution in [3.8, 4) is 11.5 Å². The molecule has 29 heavy (non-hydrogen) atoms. The lowest BCUT2D eigenvalue weighted by atomic mass is 10.1. The Morgan fingerprint density at radius 3 is 2.55 bits per heavy atom. The fourth-order valence-electron chi connectivity index (χ4n) is 3.05. The van der Waals surface area contributed by atoms with Crippen LogP contribution in [0.2, 0.25) is 0 Å². The van der Waals surface area contributed by atoms with Gasteiger partial charge in [0.15, 0.2) is 22.7 Å². The zero-order valence-electron chi connectivity index (χ0n) is 16.1. The Balaban J connectivity index is 0.00000300. The van der Waals surface area contributed by atoms with Crippen LogP contribution >= 0.6 is 12.4 Å². The molecule has 4 N–H and O–H groups in total. The Morgan fingerprint density at radius 1 is 1.14 bits per heavy atom. The number of phenolic OH excluding ortho intramolecular Hbond substituents is 2. The summed E-state index contributed by atoms with van der Waals surface area (Å²) in [5.74, 6) is -0.514. The van der Waals surface area contributed by atoms with Gasteiger partial charge in [0.25, 0.3) is 5.56 Å². The third-order valence-corrected chi connectivity index (χ3v) is 4.69. The highest BCUT2D eigenvalue weighted by Gasteiger charge is 2.14. The third-order valence-electron chi connectivity index (χ3n) is 4.69. The Kier molecular flexibility index (Phi) is 7.07. The summed E-state index contributed by atoms with van der Waals surface area (Å²) in [7, 11) is 3.01. The second kappa shape index (κ2) is 9.12. The predicted octanol–water partition coefficient (Wildman–Crippen LogP) is -0.0200. The van der Waals surface area contributed by atoms with Crippen molar-refractivity contribution in [3.63, 3.8) is 0 Å². The number of aromatic nitrogens is 4. The molecule has 0 saturated carbocycles. The van der Waals surface area contributed by atoms with E-state index >= 15 is 0 Å². The molecule has 0 bridgehead atoms. The van der Waals surface area contributed by atoms with Gasteiger partial charge in [-0.1, -0.05) is 6.07 Å². The maximum atomic E-state index is 12.4. The fraction of sp³-hybridized carbons (Fsp3) is 0.389. The van der Waals surface area contributed by atoms with Crippen LogP contribution in [0.15, 0.2) is 34.1 Å². The average Bonchev–Trinajstić information content (AvgIpc) is 3.10. The van der Waals surface area contributed by atoms with Crippen molar-refractivity contribution in [1.82, 2.24) is 24.0 Å². The van der Waals surface area contributed by atoms with E-state index in [1.54, 1.807) is 24.0 Å². The van der Waals surface area contributed by atoms with Gasteiger partial charge >= 0.3 is 5.69 Å². The largest absolute Gasteiger partial charge is 0.504 e. The number of nitrogens with zero attached hydrogens (tertiary/aromatic N) is 4. The topological polar surface area (TPSA) is 135 Å². The molecule has 0 aliphatic carbocycles. The van der Waals surface area contributed by atoms with Gasteiger partial charge in [0.05, 0.1) is 12.4 Å². The summed E-state index contributed by atoms with van der Waals surface area (Å²) < 4.78 is 4.12. The zero-order valence-corrected chi connectivity index (χ0v) is 16.9. The lowest BCUT2D eigenvalue weighted by Crippen LogP contribution is -2.37. The van der Waals surface area contributed by atoms with Crippen LogP contribution < -0.4 is 16.6 Å². The van der Waals surface area contributed by atoms with Gasteiger partial charge in [-0.05, 0) is 30.7 Å². The number of benzene rings is 1. The Morgan fingerprint density at radius 2 is 1.86 bits per heavy atom. The van der Waals surface area contributed by atoms with Crippen LogP contribution in [-0.4, -0.2) is 47.1 Å². The van der Waals surface area contributed by atoms with Crippen LogP contribution in [0.4, 0.5) is 0 Å². The SMILES string of the molecule is Cl.Cn1c(=O)c2c(ncn2CCCNC[C@H](O)c2ccc(O)c(O)c2)n(C)c1=O. The van der Waals surface area contributed by atoms with Crippen LogP contribution in [0.5, 0.6) is 11.5 Å². The molecule has 3 aromatic rings. The monoisotopic (exact) mass is 425 g/mol. The number of rotatable bonds is 7. The first-order valence-corrected chi connectivity index (χ1v) is 8.82. The molecule has 0 amide bonds. The summed E-state index contributed by atoms with van der Waals surface area (Å²) in [6.07, 6.45) is 1.38. The summed E-state index contributed by atoms with van der Waals surface area (Å²) in [6, 6.07) is 4.18. The van der Waals surface area contributed by atoms with Gasteiger partial charge in [0.2, 0.25) is 0 Å². The van der Waals surface area contributed by atoms with Gasteiger partial charge in [0, 0.05) is 27.2 Å². The normalized spacial score (nSPS) is 12.1. The van der Waals surface area contributed by atoms with Crippen LogP contribution in [0, 0.1) is 0 Å². The molecular weight excluding hydrogens is 402 g/mol. The number of aromatic hydroxyl groups is 2. The number of aliphatic hydroxyl groups excluding tert-OH is 1. The van der Waals surface area contributed by atoms with E-state index in [2.05, 4.69) is 10.3 Å². The number of hydrogen-bond acceptors (Lipinski definition) is 7. The molecule has 0 fully saturated rings. The number of aryl methyl sites for hydroxylation is 2. The Labute approximate surface area is 172 Å². The third kappa shape index (κ3) is 4.44. The summed E-state index contributed by atoms with van der Waals surface area (Å²) >= 11 is 0. The number of phenols is 2. The van der Waals surface area contributed by atoms with Crippen LogP contribution in [0.3, 0.4) is 0 Å². The minimum atomic E-state index is -0.831. The predicted molar refractivity (Wildman–Crippen MR) is 110 cm³/mol. The lowest BCUT2D eigenvalue weighted by Gasteiger charge is -2.13. The van der Waals surface area contributed by atoms with E-state index < -0.39 is 11.8 Å². The molecule has 1 aromatic carbocycles. The number of fused-ring (bicyclic) bond motifs is 1. The second-order valence-electron chi connectivity index (χ2n) is 6.64. The van der Waals surface area contributed by atoms with Crippen molar-refractivity contribution in [2.45, 2.75) is 19.1 Å². The Hall–Kier alpha value is -2.82. The van der Waals surface area contributed by atoms with E-state index in [0.29, 0.717) is 36.2 Å². The molecule has 1 atom stereocenters. The molecule has 3 rings (SSSR count). The smallest absolute Gasteiger partial charge is 0.332 e. The van der Waals surface area contributed by atoms with Gasteiger partial charge in [-0.25, -0.2) is 9.78 Å². The Bertz CT molecular complexity index is 1120. The first kappa shape index (κ1) is 22.5. The summed E-state index contributed by atoms with van der Waals surface area (Å²) in [4.78, 5) is 28.5. The van der Waals surface area contributed by atoms with Crippen molar-refractivity contribution < 1.29 is 15.3 Å². The van der Waals surface area contributed by atoms with E-state index in [-0.39, 0.29) is 36.0 Å². The highest BCUT2D eigenvalue weighted by atomic mass is 35.5. The number of halogens is 1. The number of hydrogen-bond donors (Lipinski definition) is 4. The minimum Gasteiger partial charge on any atom is -0.504 e. The highest BCUT2D eigenvalue weighted by molar-refractivity contribution is 5.85. The van der Waals surface area contributed by atoms with Crippen molar-refractivity contribution in [2.24, 2.45) is 14.1 Å². The van der Waals surface area contributed by atoms with Crippen LogP contribution in [0.1, 0.15) is 18.1 Å². The molecule has 0 unspecified atom stereocenters. The summed E-state index contributed by atoms with van der Waals surface area (Å²) in [6.45, 7) is 1.37. The van der Waals surface area contributed by atoms with Gasteiger partial charge in [-0.15, -0.1) is 12.4 Å². The average molecular weight is 426 g/mol. The lowest BCUT2D eigenvalue weighted by molar-refractivity contribution is 0.174. The van der Waals surface area contributed by atoms with Crippen molar-refractivity contribution in [2.75, 3.05) is 13.1 Å². The van der Waals surface area contributed by atoms with Gasteiger partial charge < -0.3 is 25.2 Å². The van der Waals surface area contributed by atoms with Crippen molar-refractivity contribution >= 4 is 23.6 Å². The van der Waals surface area contributed by atoms with Crippen LogP contribution in [0.25, 0.3) is 11.2 Å². The van der Waals surface area contributed by atoms with E-state index in [9.17, 15) is 24.9 Å². The number of imidazole rings is 1. The van der Waals surface area contributed by atoms with E-state index in [0.717, 1.165) is 4.57 Å². The molecule has 0 aliphatic rings. The van der Waals surface area contributed by atoms with Gasteiger partial charge in [-0.2, -0.15) is 0 Å². The molecule has 0 aliphatic heterocycles. The van der Waals surface area contributed by atoms with E-state index in [1.807, 2.05) is 0 Å². The van der Waals surface area contributed by atoms with Gasteiger partial charge in [0.1, 0.15) is 0 Å². The molecule has 2 aromatic heterocycles. The molecule has 11 heteroatoms. The standard InChI is InChI=1S/C18H23N5O5.ClH/c1-21-16-15(17(27)22(2)18(21)28)23(10-20-16)7-3-6-19-9-14(26)11-4-5-12(24)13(25)8-11;/h4-5,8,10,14,19,24-26H,3,6-7,9H2,1-2H3;1H/t14-;/m0./s1. The zero-order chi connectivity index (χ0) is 20.4. The first-order chi connectivity index (χ1) is 13.3.